The van der Waals surface area contributed by atoms with E-state index in [2.05, 4.69) is 6.07 Å². The van der Waals surface area contributed by atoms with E-state index in [1.54, 1.807) is 18.2 Å². The van der Waals surface area contributed by atoms with Gasteiger partial charge in [-0.1, -0.05) is 42.5 Å². The van der Waals surface area contributed by atoms with Gasteiger partial charge in [0.15, 0.2) is 0 Å². The zero-order valence-electron chi connectivity index (χ0n) is 17.0. The Kier molecular flexibility index (Phi) is 4.71. The Labute approximate surface area is 171 Å². The minimum absolute atomic E-state index is 0.184. The number of hydrogen-bond acceptors (Lipinski definition) is 4. The van der Waals surface area contributed by atoms with Crippen molar-refractivity contribution in [2.24, 2.45) is 0 Å². The van der Waals surface area contributed by atoms with Gasteiger partial charge in [0.1, 0.15) is 0 Å². The number of hydrogen-bond donors (Lipinski definition) is 0. The SMILES string of the molecule is CN(C)c1cccc2[c]c(S(=O)(=O)c3cccc4c(N(C)C)cccc34)ccc12. The highest BCUT2D eigenvalue weighted by molar-refractivity contribution is 7.91. The van der Waals surface area contributed by atoms with Crippen LogP contribution in [0, 0.1) is 6.07 Å². The second-order valence-corrected chi connectivity index (χ2v) is 9.37. The lowest BCUT2D eigenvalue weighted by molar-refractivity contribution is 0.597. The van der Waals surface area contributed by atoms with E-state index in [9.17, 15) is 8.42 Å². The van der Waals surface area contributed by atoms with Crippen LogP contribution < -0.4 is 9.80 Å². The highest BCUT2D eigenvalue weighted by atomic mass is 32.2. The molecule has 0 bridgehead atoms. The fourth-order valence-corrected chi connectivity index (χ4v) is 5.18. The van der Waals surface area contributed by atoms with E-state index in [-0.39, 0.29) is 4.90 Å². The van der Waals surface area contributed by atoms with Gasteiger partial charge in [0, 0.05) is 61.8 Å². The van der Waals surface area contributed by atoms with Crippen molar-refractivity contribution in [1.82, 2.24) is 0 Å². The average Bonchev–Trinajstić information content (AvgIpc) is 2.71. The third kappa shape index (κ3) is 3.21. The predicted molar refractivity (Wildman–Crippen MR) is 121 cm³/mol. The molecule has 0 atom stereocenters. The van der Waals surface area contributed by atoms with Crippen molar-refractivity contribution >= 4 is 42.8 Å². The van der Waals surface area contributed by atoms with Crippen molar-refractivity contribution < 1.29 is 8.42 Å². The molecular weight excluding hydrogens is 380 g/mol. The zero-order chi connectivity index (χ0) is 20.8. The molecule has 0 unspecified atom stereocenters. The van der Waals surface area contributed by atoms with Crippen LogP contribution in [-0.2, 0) is 9.84 Å². The van der Waals surface area contributed by atoms with Crippen LogP contribution >= 0.6 is 0 Å². The molecule has 4 rings (SSSR count). The van der Waals surface area contributed by atoms with E-state index in [1.807, 2.05) is 86.5 Å². The molecule has 0 spiro atoms. The maximum atomic E-state index is 13.5. The third-order valence-electron chi connectivity index (χ3n) is 5.14. The summed E-state index contributed by atoms with van der Waals surface area (Å²) >= 11 is 0. The standard InChI is InChI=1S/C24H23N2O2S/c1-25(2)22-11-5-8-17-16-18(14-15-19(17)22)29(27,28)24-13-7-9-20-21(24)10-6-12-23(20)26(3)4/h5-15H,1-4H3. The summed E-state index contributed by atoms with van der Waals surface area (Å²) in [6.45, 7) is 0. The first kappa shape index (κ1) is 19.3. The van der Waals surface area contributed by atoms with E-state index in [0.29, 0.717) is 10.3 Å². The Morgan fingerprint density at radius 2 is 1.24 bits per heavy atom. The molecule has 0 saturated heterocycles. The summed E-state index contributed by atoms with van der Waals surface area (Å²) in [5.41, 5.74) is 2.01. The number of nitrogens with zero attached hydrogens (tertiary/aromatic N) is 2. The van der Waals surface area contributed by atoms with Crippen LogP contribution in [-0.4, -0.2) is 36.6 Å². The normalized spacial score (nSPS) is 11.7. The van der Waals surface area contributed by atoms with E-state index < -0.39 is 9.84 Å². The minimum Gasteiger partial charge on any atom is -0.377 e. The van der Waals surface area contributed by atoms with Crippen LogP contribution in [0.1, 0.15) is 0 Å². The summed E-state index contributed by atoms with van der Waals surface area (Å²) in [5.74, 6) is 0. The molecule has 0 N–H and O–H groups in total. The van der Waals surface area contributed by atoms with Gasteiger partial charge in [-0.2, -0.15) is 0 Å². The second kappa shape index (κ2) is 7.08. The molecule has 0 aliphatic carbocycles. The van der Waals surface area contributed by atoms with Crippen molar-refractivity contribution in [3.8, 4) is 0 Å². The van der Waals surface area contributed by atoms with Crippen LogP contribution in [0.2, 0.25) is 0 Å². The zero-order valence-corrected chi connectivity index (χ0v) is 17.8. The van der Waals surface area contributed by atoms with Crippen molar-refractivity contribution in [2.75, 3.05) is 38.0 Å². The Morgan fingerprint density at radius 1 is 0.655 bits per heavy atom. The van der Waals surface area contributed by atoms with E-state index in [4.69, 9.17) is 0 Å². The number of anilines is 2. The average molecular weight is 404 g/mol. The van der Waals surface area contributed by atoms with Crippen LogP contribution in [0.15, 0.2) is 76.5 Å². The molecule has 4 aromatic rings. The summed E-state index contributed by atoms with van der Waals surface area (Å²) in [4.78, 5) is 4.49. The molecule has 0 amide bonds. The van der Waals surface area contributed by atoms with Crippen LogP contribution in [0.4, 0.5) is 11.4 Å². The highest BCUT2D eigenvalue weighted by Gasteiger charge is 2.22. The monoisotopic (exact) mass is 403 g/mol. The van der Waals surface area contributed by atoms with Gasteiger partial charge in [0.2, 0.25) is 9.84 Å². The fourth-order valence-electron chi connectivity index (χ4n) is 3.72. The molecule has 29 heavy (non-hydrogen) atoms. The largest absolute Gasteiger partial charge is 0.377 e. The van der Waals surface area contributed by atoms with E-state index >= 15 is 0 Å². The minimum atomic E-state index is -3.72. The van der Waals surface area contributed by atoms with Gasteiger partial charge in [-0.15, -0.1) is 0 Å². The number of sulfone groups is 1. The molecule has 0 aliphatic heterocycles. The van der Waals surface area contributed by atoms with E-state index in [0.717, 1.165) is 27.5 Å². The molecule has 0 heterocycles. The molecule has 4 nitrogen and oxygen atoms in total. The van der Waals surface area contributed by atoms with E-state index in [1.165, 1.54) is 0 Å². The Bertz CT molecular complexity index is 1330. The molecule has 0 aromatic heterocycles. The molecule has 4 aromatic carbocycles. The smallest absolute Gasteiger partial charge is 0.207 e. The Balaban J connectivity index is 1.93. The molecule has 0 fully saturated rings. The maximum absolute atomic E-state index is 13.5. The van der Waals surface area contributed by atoms with Gasteiger partial charge in [0.25, 0.3) is 0 Å². The lowest BCUT2D eigenvalue weighted by Gasteiger charge is -2.17. The van der Waals surface area contributed by atoms with Crippen molar-refractivity contribution in [1.29, 1.82) is 0 Å². The van der Waals surface area contributed by atoms with Crippen LogP contribution in [0.5, 0.6) is 0 Å². The summed E-state index contributed by atoms with van der Waals surface area (Å²) in [6, 6.07) is 23.7. The first-order valence-corrected chi connectivity index (χ1v) is 10.9. The van der Waals surface area contributed by atoms with Gasteiger partial charge < -0.3 is 9.80 Å². The van der Waals surface area contributed by atoms with Gasteiger partial charge in [-0.05, 0) is 29.7 Å². The van der Waals surface area contributed by atoms with Gasteiger partial charge >= 0.3 is 0 Å². The number of rotatable bonds is 4. The van der Waals surface area contributed by atoms with Gasteiger partial charge in [-0.3, -0.25) is 0 Å². The van der Waals surface area contributed by atoms with Gasteiger partial charge in [-0.25, -0.2) is 8.42 Å². The first-order chi connectivity index (χ1) is 13.8. The van der Waals surface area contributed by atoms with Gasteiger partial charge in [0.05, 0.1) is 9.79 Å². The summed E-state index contributed by atoms with van der Waals surface area (Å²) in [7, 11) is 4.13. The quantitative estimate of drug-likeness (QED) is 0.493. The van der Waals surface area contributed by atoms with Crippen LogP contribution in [0.25, 0.3) is 21.5 Å². The maximum Gasteiger partial charge on any atom is 0.207 e. The second-order valence-electron chi connectivity index (χ2n) is 7.48. The topological polar surface area (TPSA) is 40.6 Å². The predicted octanol–water partition coefficient (Wildman–Crippen LogP) is 4.76. The highest BCUT2D eigenvalue weighted by Crippen LogP contribution is 2.34. The lowest BCUT2D eigenvalue weighted by Crippen LogP contribution is -2.10. The summed E-state index contributed by atoms with van der Waals surface area (Å²) < 4.78 is 27.1. The lowest BCUT2D eigenvalue weighted by atomic mass is 10.1. The Morgan fingerprint density at radius 3 is 1.93 bits per heavy atom. The first-order valence-electron chi connectivity index (χ1n) is 9.37. The third-order valence-corrected chi connectivity index (χ3v) is 6.90. The molecule has 5 heteroatoms. The molecular formula is C24H23N2O2S. The van der Waals surface area contributed by atoms with Crippen molar-refractivity contribution in [3.63, 3.8) is 0 Å². The molecule has 1 radical (unpaired) electrons. The summed E-state index contributed by atoms with van der Waals surface area (Å²) in [6.07, 6.45) is 0. The van der Waals surface area contributed by atoms with Crippen LogP contribution in [0.3, 0.4) is 0 Å². The molecule has 0 saturated carbocycles. The molecule has 0 aliphatic rings. The summed E-state index contributed by atoms with van der Waals surface area (Å²) in [5, 5.41) is 3.39. The number of benzene rings is 4. The molecule has 147 valence electrons. The van der Waals surface area contributed by atoms with Crippen molar-refractivity contribution in [2.45, 2.75) is 9.79 Å². The van der Waals surface area contributed by atoms with Crippen molar-refractivity contribution in [3.05, 3.63) is 72.8 Å². The Hall–Kier alpha value is -3.05. The number of fused-ring (bicyclic) bond motifs is 2. The fraction of sp³-hybridized carbons (Fsp3) is 0.167.